The highest BCUT2D eigenvalue weighted by atomic mass is 16.5. The zero-order valence-electron chi connectivity index (χ0n) is 19.2. The van der Waals surface area contributed by atoms with Gasteiger partial charge in [-0.25, -0.2) is 9.59 Å². The van der Waals surface area contributed by atoms with Crippen LogP contribution in [-0.4, -0.2) is 76.5 Å². The quantitative estimate of drug-likeness (QED) is 0.143. The minimum Gasteiger partial charge on any atom is -0.478 e. The first-order valence-corrected chi connectivity index (χ1v) is 10.4. The molecule has 0 saturated carbocycles. The molecule has 1 N–H and O–H groups in total. The van der Waals surface area contributed by atoms with Crippen LogP contribution in [0.4, 0.5) is 0 Å². The molecule has 0 aromatic carbocycles. The molecule has 0 radical (unpaired) electrons. The minimum absolute atomic E-state index is 0.196. The van der Waals surface area contributed by atoms with Gasteiger partial charge in [0.15, 0.2) is 0 Å². The number of ether oxygens (including phenoxy) is 5. The summed E-state index contributed by atoms with van der Waals surface area (Å²) < 4.78 is 27.0. The predicted molar refractivity (Wildman–Crippen MR) is 127 cm³/mol. The first kappa shape index (κ1) is 30.2. The van der Waals surface area contributed by atoms with Gasteiger partial charge in [0.05, 0.1) is 58.3 Å². The molecule has 0 aromatic rings. The number of carboxylic acid groups (broad SMARTS) is 1. The van der Waals surface area contributed by atoms with Crippen LogP contribution in [0.1, 0.15) is 0 Å². The van der Waals surface area contributed by atoms with Crippen LogP contribution >= 0.6 is 0 Å². The van der Waals surface area contributed by atoms with Gasteiger partial charge in [0.2, 0.25) is 0 Å². The number of cyclic esters (lactones) is 1. The molecule has 8 nitrogen and oxygen atoms in total. The van der Waals surface area contributed by atoms with E-state index in [1.54, 1.807) is 24.3 Å². The Morgan fingerprint density at radius 2 is 1.30 bits per heavy atom. The molecule has 1 atom stereocenters. The average Bonchev–Trinajstić information content (AvgIpc) is 3.11. The topological polar surface area (TPSA) is 101 Å². The highest BCUT2D eigenvalue weighted by Crippen LogP contribution is 2.21. The molecule has 0 amide bonds. The Kier molecular flexibility index (Phi) is 17.2. The number of esters is 1. The van der Waals surface area contributed by atoms with Crippen molar-refractivity contribution in [2.75, 3.05) is 59.5 Å². The molecule has 0 aromatic heterocycles. The zero-order chi connectivity index (χ0) is 25.0. The number of carbonyl (C=O) groups excluding carboxylic acids is 1. The van der Waals surface area contributed by atoms with Crippen LogP contribution in [0.3, 0.4) is 0 Å². The molecule has 1 rings (SSSR count). The second-order valence-corrected chi connectivity index (χ2v) is 7.14. The number of carboxylic acids is 1. The Hall–Kier alpha value is -2.78. The van der Waals surface area contributed by atoms with Gasteiger partial charge in [-0.15, -0.1) is 26.3 Å². The molecular weight excluding hydrogens is 428 g/mol. The van der Waals surface area contributed by atoms with E-state index < -0.39 is 11.9 Å². The summed E-state index contributed by atoms with van der Waals surface area (Å²) in [4.78, 5) is 20.8. The average molecular weight is 465 g/mol. The van der Waals surface area contributed by atoms with Crippen molar-refractivity contribution >= 4 is 11.9 Å². The Morgan fingerprint density at radius 1 is 0.909 bits per heavy atom. The Balaban J connectivity index is 0.000000716. The summed E-state index contributed by atoms with van der Waals surface area (Å²) in [6.45, 7) is 22.0. The lowest BCUT2D eigenvalue weighted by Gasteiger charge is -2.32. The van der Waals surface area contributed by atoms with E-state index in [1.807, 2.05) is 0 Å². The number of hydrogen-bond donors (Lipinski definition) is 1. The highest BCUT2D eigenvalue weighted by Gasteiger charge is 2.32. The van der Waals surface area contributed by atoms with Gasteiger partial charge in [-0.05, 0) is 0 Å². The summed E-state index contributed by atoms with van der Waals surface area (Å²) in [5.41, 5.74) is -0.0644. The first-order chi connectivity index (χ1) is 15.9. The third-order valence-electron chi connectivity index (χ3n) is 4.15. The minimum atomic E-state index is -1.04. The number of hydrogen-bond acceptors (Lipinski definition) is 7. The summed E-state index contributed by atoms with van der Waals surface area (Å²) >= 11 is 0. The molecule has 33 heavy (non-hydrogen) atoms. The molecule has 1 aliphatic heterocycles. The largest absolute Gasteiger partial charge is 0.478 e. The van der Waals surface area contributed by atoms with Gasteiger partial charge in [0, 0.05) is 17.6 Å². The number of rotatable bonds is 18. The van der Waals surface area contributed by atoms with E-state index in [0.717, 1.165) is 6.08 Å². The third-order valence-corrected chi connectivity index (χ3v) is 4.15. The fourth-order valence-corrected chi connectivity index (χ4v) is 2.57. The van der Waals surface area contributed by atoms with Crippen molar-refractivity contribution in [2.45, 2.75) is 0 Å². The highest BCUT2D eigenvalue weighted by molar-refractivity contribution is 5.91. The maximum atomic E-state index is 10.7. The molecule has 1 saturated heterocycles. The van der Waals surface area contributed by atoms with Crippen LogP contribution in [0.15, 0.2) is 74.9 Å². The normalized spacial score (nSPS) is 15.5. The maximum absolute atomic E-state index is 10.7. The lowest BCUT2D eigenvalue weighted by atomic mass is 9.92. The van der Waals surface area contributed by atoms with Crippen LogP contribution < -0.4 is 0 Å². The van der Waals surface area contributed by atoms with Crippen LogP contribution in [0.2, 0.25) is 0 Å². The molecule has 184 valence electrons. The summed E-state index contributed by atoms with van der Waals surface area (Å²) in [5, 5.41) is 8.28. The van der Waals surface area contributed by atoms with Gasteiger partial charge < -0.3 is 28.8 Å². The van der Waals surface area contributed by atoms with Crippen LogP contribution in [0.5, 0.6) is 0 Å². The summed E-state index contributed by atoms with van der Waals surface area (Å²) in [6.07, 6.45) is 9.23. The fraction of sp³-hybridized carbons (Fsp3) is 0.440. The van der Waals surface area contributed by atoms with Gasteiger partial charge in [0.1, 0.15) is 6.61 Å². The molecule has 1 fully saturated rings. The fourth-order valence-electron chi connectivity index (χ4n) is 2.57. The third kappa shape index (κ3) is 14.1. The van der Waals surface area contributed by atoms with Crippen molar-refractivity contribution in [3.63, 3.8) is 0 Å². The lowest BCUT2D eigenvalue weighted by molar-refractivity contribution is -0.135. The molecule has 1 heterocycles. The van der Waals surface area contributed by atoms with E-state index in [-0.39, 0.29) is 17.9 Å². The van der Waals surface area contributed by atoms with E-state index >= 15 is 0 Å². The van der Waals surface area contributed by atoms with Crippen LogP contribution in [0, 0.1) is 11.3 Å². The van der Waals surface area contributed by atoms with E-state index in [4.69, 9.17) is 24.1 Å². The molecule has 0 spiro atoms. The lowest BCUT2D eigenvalue weighted by Crippen LogP contribution is -2.42. The maximum Gasteiger partial charge on any atom is 0.334 e. The molecular formula is C25H36O8. The van der Waals surface area contributed by atoms with E-state index in [1.165, 1.54) is 6.08 Å². The number of carbonyl (C=O) groups is 2. The van der Waals surface area contributed by atoms with Crippen molar-refractivity contribution in [3.8, 4) is 0 Å². The van der Waals surface area contributed by atoms with Crippen molar-refractivity contribution in [3.05, 3.63) is 74.9 Å². The summed E-state index contributed by atoms with van der Waals surface area (Å²) in [7, 11) is 0. The van der Waals surface area contributed by atoms with Gasteiger partial charge >= 0.3 is 11.9 Å². The van der Waals surface area contributed by atoms with E-state index in [0.29, 0.717) is 58.4 Å². The molecule has 0 aliphatic carbocycles. The van der Waals surface area contributed by atoms with Gasteiger partial charge in [-0.2, -0.15) is 0 Å². The standard InChI is InChI=1S/C17H28O4.C8H8O4/c1-5-9-18-13-17(14-19-10-6-2,15-20-11-7-3)16-21-12-8-4;1-5-6(2-3-7(9)10)4-12-8(5)11/h5-8H,1-4,9-16H2;2-3,6H,1,4H2,(H,9,10). The van der Waals surface area contributed by atoms with Crippen molar-refractivity contribution in [2.24, 2.45) is 11.3 Å². The predicted octanol–water partition coefficient (Wildman–Crippen LogP) is 3.14. The summed E-state index contributed by atoms with van der Waals surface area (Å²) in [5.74, 6) is -1.77. The van der Waals surface area contributed by atoms with Crippen LogP contribution in [-0.2, 0) is 33.3 Å². The SMILES string of the molecule is C=C1C(=O)OCC1C=CC(=O)O.C=CCOCC(COCC=C)(COCC=C)COCC=C. The van der Waals surface area contributed by atoms with E-state index in [9.17, 15) is 9.59 Å². The second-order valence-electron chi connectivity index (χ2n) is 7.14. The van der Waals surface area contributed by atoms with Crippen molar-refractivity contribution in [1.82, 2.24) is 0 Å². The molecule has 8 heteroatoms. The van der Waals surface area contributed by atoms with Crippen molar-refractivity contribution in [1.29, 1.82) is 0 Å². The van der Waals surface area contributed by atoms with E-state index in [2.05, 4.69) is 37.6 Å². The Labute approximate surface area is 196 Å². The Morgan fingerprint density at radius 3 is 1.58 bits per heavy atom. The molecule has 0 bridgehead atoms. The molecule has 1 aliphatic rings. The van der Waals surface area contributed by atoms with Gasteiger partial charge in [0.25, 0.3) is 0 Å². The Bertz CT molecular complexity index is 618. The van der Waals surface area contributed by atoms with Crippen molar-refractivity contribution < 1.29 is 38.4 Å². The van der Waals surface area contributed by atoms with Crippen LogP contribution in [0.25, 0.3) is 0 Å². The van der Waals surface area contributed by atoms with Gasteiger partial charge in [-0.1, -0.05) is 37.0 Å². The van der Waals surface area contributed by atoms with Gasteiger partial charge in [-0.3, -0.25) is 0 Å². The smallest absolute Gasteiger partial charge is 0.334 e. The first-order valence-electron chi connectivity index (χ1n) is 10.4. The second kappa shape index (κ2) is 18.8. The monoisotopic (exact) mass is 464 g/mol. The molecule has 1 unspecified atom stereocenters. The zero-order valence-corrected chi connectivity index (χ0v) is 19.2. The summed E-state index contributed by atoms with van der Waals surface area (Å²) in [6, 6.07) is 0. The number of aliphatic carboxylic acids is 1.